The van der Waals surface area contributed by atoms with Crippen LogP contribution >= 0.6 is 0 Å². The van der Waals surface area contributed by atoms with Crippen LogP contribution in [0.3, 0.4) is 0 Å². The second-order valence-corrected chi connectivity index (χ2v) is 7.42. The third-order valence-electron chi connectivity index (χ3n) is 4.16. The number of methoxy groups -OCH3 is 1. The fraction of sp³-hybridized carbons (Fsp3) is 0.364. The maximum atomic E-state index is 11.8. The molecule has 0 aromatic heterocycles. The highest BCUT2D eigenvalue weighted by Crippen LogP contribution is 2.23. The number of benzene rings is 2. The van der Waals surface area contributed by atoms with Crippen LogP contribution in [-0.4, -0.2) is 19.3 Å². The highest BCUT2D eigenvalue weighted by Gasteiger charge is 2.13. The third kappa shape index (κ3) is 5.28. The van der Waals surface area contributed by atoms with Crippen LogP contribution in [0.5, 0.6) is 0 Å². The Kier molecular flexibility index (Phi) is 6.13. The van der Waals surface area contributed by atoms with Crippen LogP contribution in [0.15, 0.2) is 53.5 Å². The molecule has 1 atom stereocenters. The number of para-hydroxylation sites is 1. The molecule has 0 fully saturated rings. The van der Waals surface area contributed by atoms with Crippen LogP contribution in [0.4, 0.5) is 5.69 Å². The second kappa shape index (κ2) is 8.11. The number of rotatable bonds is 5. The molecular weight excluding hydrogens is 310 g/mol. The van der Waals surface area contributed by atoms with Gasteiger partial charge in [-0.3, -0.25) is 4.99 Å². The Morgan fingerprint density at radius 1 is 1.12 bits per heavy atom. The molecule has 0 N–H and O–H groups in total. The van der Waals surface area contributed by atoms with E-state index in [1.165, 1.54) is 18.2 Å². The molecule has 0 radical (unpaired) electrons. The van der Waals surface area contributed by atoms with Crippen molar-refractivity contribution in [2.24, 2.45) is 10.9 Å². The lowest BCUT2D eigenvalue weighted by Gasteiger charge is -2.19. The minimum atomic E-state index is -0.363. The average molecular weight is 337 g/mol. The van der Waals surface area contributed by atoms with Gasteiger partial charge in [0.15, 0.2) is 0 Å². The third-order valence-corrected chi connectivity index (χ3v) is 4.16. The Bertz CT molecular complexity index is 739. The lowest BCUT2D eigenvalue weighted by Crippen LogP contribution is -2.11. The van der Waals surface area contributed by atoms with Gasteiger partial charge >= 0.3 is 5.97 Å². The summed E-state index contributed by atoms with van der Waals surface area (Å²) in [5, 5.41) is 0. The molecule has 3 heteroatoms. The number of hydrogen-bond acceptors (Lipinski definition) is 3. The van der Waals surface area contributed by atoms with Gasteiger partial charge in [-0.25, -0.2) is 4.79 Å². The molecule has 132 valence electrons. The molecule has 0 spiro atoms. The summed E-state index contributed by atoms with van der Waals surface area (Å²) in [5.41, 5.74) is 3.92. The van der Waals surface area contributed by atoms with Gasteiger partial charge in [-0.2, -0.15) is 0 Å². The number of nitrogens with zero attached hydrogens (tertiary/aromatic N) is 1. The lowest BCUT2D eigenvalue weighted by molar-refractivity contribution is 0.0601. The van der Waals surface area contributed by atoms with Crippen molar-refractivity contribution in [3.05, 3.63) is 65.2 Å². The van der Waals surface area contributed by atoms with Gasteiger partial charge in [0, 0.05) is 6.21 Å². The van der Waals surface area contributed by atoms with E-state index in [0.29, 0.717) is 11.3 Å². The SMILES string of the molecule is COC(=O)c1ccccc1/N=C/C(C)Cc1ccc(C(C)(C)C)cc1. The van der Waals surface area contributed by atoms with Crippen molar-refractivity contribution in [1.82, 2.24) is 0 Å². The van der Waals surface area contributed by atoms with Gasteiger partial charge in [-0.1, -0.05) is 64.1 Å². The fourth-order valence-electron chi connectivity index (χ4n) is 2.64. The zero-order valence-electron chi connectivity index (χ0n) is 15.7. The molecule has 0 amide bonds. The monoisotopic (exact) mass is 337 g/mol. The molecule has 0 aliphatic carbocycles. The van der Waals surface area contributed by atoms with Crippen LogP contribution < -0.4 is 0 Å². The first kappa shape index (κ1) is 18.9. The van der Waals surface area contributed by atoms with Gasteiger partial charge in [0.05, 0.1) is 18.4 Å². The van der Waals surface area contributed by atoms with Crippen molar-refractivity contribution in [3.63, 3.8) is 0 Å². The van der Waals surface area contributed by atoms with Gasteiger partial charge in [-0.05, 0) is 41.0 Å². The summed E-state index contributed by atoms with van der Waals surface area (Å²) in [6.07, 6.45) is 2.81. The molecule has 2 rings (SSSR count). The predicted octanol–water partition coefficient (Wildman–Crippen LogP) is 5.35. The van der Waals surface area contributed by atoms with Crippen molar-refractivity contribution in [2.45, 2.75) is 39.5 Å². The Morgan fingerprint density at radius 2 is 1.76 bits per heavy atom. The summed E-state index contributed by atoms with van der Waals surface area (Å²) in [7, 11) is 1.38. The summed E-state index contributed by atoms with van der Waals surface area (Å²) >= 11 is 0. The van der Waals surface area contributed by atoms with Crippen molar-refractivity contribution in [1.29, 1.82) is 0 Å². The summed E-state index contributed by atoms with van der Waals surface area (Å²) in [6.45, 7) is 8.78. The summed E-state index contributed by atoms with van der Waals surface area (Å²) in [6, 6.07) is 16.0. The van der Waals surface area contributed by atoms with Gasteiger partial charge in [-0.15, -0.1) is 0 Å². The number of ether oxygens (including phenoxy) is 1. The van der Waals surface area contributed by atoms with E-state index in [1.54, 1.807) is 6.07 Å². The molecular formula is C22H27NO2. The van der Waals surface area contributed by atoms with Gasteiger partial charge in [0.2, 0.25) is 0 Å². The van der Waals surface area contributed by atoms with E-state index < -0.39 is 0 Å². The van der Waals surface area contributed by atoms with E-state index in [9.17, 15) is 4.79 Å². The minimum Gasteiger partial charge on any atom is -0.465 e. The fourth-order valence-corrected chi connectivity index (χ4v) is 2.64. The smallest absolute Gasteiger partial charge is 0.340 e. The highest BCUT2D eigenvalue weighted by atomic mass is 16.5. The van der Waals surface area contributed by atoms with Crippen molar-refractivity contribution in [2.75, 3.05) is 7.11 Å². The molecule has 2 aromatic rings. The van der Waals surface area contributed by atoms with Crippen LogP contribution in [0.1, 0.15) is 49.2 Å². The zero-order valence-corrected chi connectivity index (χ0v) is 15.7. The van der Waals surface area contributed by atoms with E-state index >= 15 is 0 Å². The van der Waals surface area contributed by atoms with E-state index in [0.717, 1.165) is 6.42 Å². The van der Waals surface area contributed by atoms with Crippen LogP contribution in [0.2, 0.25) is 0 Å². The first-order valence-electron chi connectivity index (χ1n) is 8.62. The molecule has 25 heavy (non-hydrogen) atoms. The summed E-state index contributed by atoms with van der Waals surface area (Å²) < 4.78 is 4.81. The second-order valence-electron chi connectivity index (χ2n) is 7.42. The van der Waals surface area contributed by atoms with Crippen LogP contribution in [0, 0.1) is 5.92 Å². The van der Waals surface area contributed by atoms with E-state index in [4.69, 9.17) is 4.74 Å². The highest BCUT2D eigenvalue weighted by molar-refractivity contribution is 5.95. The molecule has 0 heterocycles. The van der Waals surface area contributed by atoms with Crippen molar-refractivity contribution < 1.29 is 9.53 Å². The molecule has 3 nitrogen and oxygen atoms in total. The number of carbonyl (C=O) groups is 1. The predicted molar refractivity (Wildman–Crippen MR) is 104 cm³/mol. The molecule has 0 aliphatic heterocycles. The average Bonchev–Trinajstić information content (AvgIpc) is 2.59. The van der Waals surface area contributed by atoms with Crippen molar-refractivity contribution in [3.8, 4) is 0 Å². The number of hydrogen-bond donors (Lipinski definition) is 0. The van der Waals surface area contributed by atoms with Crippen LogP contribution in [-0.2, 0) is 16.6 Å². The maximum absolute atomic E-state index is 11.8. The summed E-state index contributed by atoms with van der Waals surface area (Å²) in [5.74, 6) is -0.0932. The first-order chi connectivity index (χ1) is 11.8. The number of aliphatic imine (C=N–C) groups is 1. The Hall–Kier alpha value is -2.42. The van der Waals surface area contributed by atoms with E-state index in [2.05, 4.69) is 57.0 Å². The maximum Gasteiger partial charge on any atom is 0.340 e. The molecule has 1 unspecified atom stereocenters. The molecule has 0 bridgehead atoms. The van der Waals surface area contributed by atoms with E-state index in [1.807, 2.05) is 24.4 Å². The zero-order chi connectivity index (χ0) is 18.4. The van der Waals surface area contributed by atoms with Gasteiger partial charge < -0.3 is 4.74 Å². The quantitative estimate of drug-likeness (QED) is 0.545. The Labute approximate surface area is 150 Å². The first-order valence-corrected chi connectivity index (χ1v) is 8.62. The van der Waals surface area contributed by atoms with E-state index in [-0.39, 0.29) is 17.3 Å². The Balaban J connectivity index is 2.06. The normalized spacial score (nSPS) is 13.0. The lowest BCUT2D eigenvalue weighted by atomic mass is 9.86. The van der Waals surface area contributed by atoms with Crippen molar-refractivity contribution >= 4 is 17.9 Å². The molecule has 0 saturated heterocycles. The van der Waals surface area contributed by atoms with Gasteiger partial charge in [0.1, 0.15) is 0 Å². The van der Waals surface area contributed by atoms with Crippen LogP contribution in [0.25, 0.3) is 0 Å². The standard InChI is InChI=1S/C22H27NO2/c1-16(14-17-10-12-18(13-11-17)22(2,3)4)15-23-20-9-7-6-8-19(20)21(24)25-5/h6-13,15-16H,14H2,1-5H3/b23-15+. The molecule has 2 aromatic carbocycles. The summed E-state index contributed by atoms with van der Waals surface area (Å²) in [4.78, 5) is 16.3. The molecule has 0 saturated carbocycles. The minimum absolute atomic E-state index is 0.170. The topological polar surface area (TPSA) is 38.7 Å². The molecule has 0 aliphatic rings. The van der Waals surface area contributed by atoms with Gasteiger partial charge in [0.25, 0.3) is 0 Å². The number of esters is 1. The largest absolute Gasteiger partial charge is 0.465 e. The Morgan fingerprint density at radius 3 is 2.36 bits per heavy atom. The number of carbonyl (C=O) groups excluding carboxylic acids is 1.